The van der Waals surface area contributed by atoms with Gasteiger partial charge in [-0.3, -0.25) is 4.79 Å². The maximum Gasteiger partial charge on any atom is 0.416 e. The lowest BCUT2D eigenvalue weighted by Gasteiger charge is -2.17. The Labute approximate surface area is 142 Å². The van der Waals surface area contributed by atoms with E-state index in [-0.39, 0.29) is 6.42 Å². The second kappa shape index (κ2) is 6.27. The predicted molar refractivity (Wildman–Crippen MR) is 90.0 cm³/mol. The maximum absolute atomic E-state index is 12.8. The first-order valence-corrected chi connectivity index (χ1v) is 7.77. The molecule has 3 aromatic rings. The van der Waals surface area contributed by atoms with E-state index in [2.05, 4.69) is 0 Å². The number of para-hydroxylation sites is 1. The third kappa shape index (κ3) is 3.38. The van der Waals surface area contributed by atoms with E-state index >= 15 is 0 Å². The Morgan fingerprint density at radius 3 is 2.36 bits per heavy atom. The molecule has 2 aromatic carbocycles. The van der Waals surface area contributed by atoms with E-state index in [1.807, 2.05) is 42.1 Å². The number of carbonyl (C=O) groups excluding carboxylic acids is 1. The van der Waals surface area contributed by atoms with Gasteiger partial charge in [-0.2, -0.15) is 13.2 Å². The summed E-state index contributed by atoms with van der Waals surface area (Å²) in [5.41, 5.74) is 7.16. The molecule has 1 atom stereocenters. The number of hydrogen-bond donors (Lipinski definition) is 1. The van der Waals surface area contributed by atoms with Crippen molar-refractivity contribution in [2.75, 3.05) is 0 Å². The van der Waals surface area contributed by atoms with Crippen LogP contribution >= 0.6 is 0 Å². The fourth-order valence-corrected chi connectivity index (χ4v) is 3.16. The van der Waals surface area contributed by atoms with E-state index in [1.54, 1.807) is 0 Å². The summed E-state index contributed by atoms with van der Waals surface area (Å²) in [5, 5.41) is 0.955. The van der Waals surface area contributed by atoms with Crippen molar-refractivity contribution in [1.82, 2.24) is 4.57 Å². The van der Waals surface area contributed by atoms with Gasteiger partial charge in [0.2, 0.25) is 5.91 Å². The Balaban J connectivity index is 2.10. The highest BCUT2D eigenvalue weighted by Crippen LogP contribution is 2.36. The molecular weight excluding hydrogens is 329 g/mol. The molecule has 3 nitrogen and oxygen atoms in total. The molecular formula is C19H17F3N2O. The van der Waals surface area contributed by atoms with Crippen LogP contribution in [0.4, 0.5) is 13.2 Å². The second-order valence-electron chi connectivity index (χ2n) is 6.06. The first-order chi connectivity index (χ1) is 11.8. The highest BCUT2D eigenvalue weighted by atomic mass is 19.4. The summed E-state index contributed by atoms with van der Waals surface area (Å²) in [5.74, 6) is -0.899. The van der Waals surface area contributed by atoms with Crippen LogP contribution in [0.15, 0.2) is 54.7 Å². The molecule has 1 amide bonds. The van der Waals surface area contributed by atoms with Crippen molar-refractivity contribution < 1.29 is 18.0 Å². The van der Waals surface area contributed by atoms with Crippen molar-refractivity contribution >= 4 is 16.8 Å². The number of halogens is 3. The number of aromatic nitrogens is 1. The molecule has 3 rings (SSSR count). The minimum absolute atomic E-state index is 0.0272. The van der Waals surface area contributed by atoms with Crippen LogP contribution in [-0.2, 0) is 18.0 Å². The smallest absolute Gasteiger partial charge is 0.370 e. The average Bonchev–Trinajstić information content (AvgIpc) is 2.89. The summed E-state index contributed by atoms with van der Waals surface area (Å²) in [6.07, 6.45) is -2.47. The van der Waals surface area contributed by atoms with Gasteiger partial charge in [0, 0.05) is 36.5 Å². The minimum atomic E-state index is -4.39. The number of fused-ring (bicyclic) bond motifs is 1. The molecule has 2 N–H and O–H groups in total. The third-order valence-electron chi connectivity index (χ3n) is 4.35. The normalized spacial score (nSPS) is 13.1. The average molecular weight is 346 g/mol. The van der Waals surface area contributed by atoms with E-state index in [0.29, 0.717) is 5.56 Å². The molecule has 0 radical (unpaired) electrons. The van der Waals surface area contributed by atoms with Gasteiger partial charge in [0.05, 0.1) is 5.56 Å². The van der Waals surface area contributed by atoms with Crippen LogP contribution in [-0.4, -0.2) is 10.5 Å². The van der Waals surface area contributed by atoms with Crippen molar-refractivity contribution in [2.45, 2.75) is 18.5 Å². The number of aryl methyl sites for hydroxylation is 1. The Hall–Kier alpha value is -2.76. The van der Waals surface area contributed by atoms with Crippen LogP contribution in [0, 0.1) is 0 Å². The van der Waals surface area contributed by atoms with E-state index in [4.69, 9.17) is 5.73 Å². The van der Waals surface area contributed by atoms with Crippen LogP contribution in [0.3, 0.4) is 0 Å². The summed E-state index contributed by atoms with van der Waals surface area (Å²) >= 11 is 0. The van der Waals surface area contributed by atoms with Gasteiger partial charge in [-0.25, -0.2) is 0 Å². The zero-order chi connectivity index (χ0) is 18.2. The lowest BCUT2D eigenvalue weighted by molar-refractivity contribution is -0.137. The van der Waals surface area contributed by atoms with Gasteiger partial charge < -0.3 is 10.3 Å². The van der Waals surface area contributed by atoms with Crippen LogP contribution < -0.4 is 5.73 Å². The molecule has 0 saturated heterocycles. The predicted octanol–water partition coefficient (Wildman–Crippen LogP) is 4.20. The molecule has 130 valence electrons. The lowest BCUT2D eigenvalue weighted by atomic mass is 9.87. The van der Waals surface area contributed by atoms with E-state index < -0.39 is 23.6 Å². The first-order valence-electron chi connectivity index (χ1n) is 7.77. The monoisotopic (exact) mass is 346 g/mol. The molecule has 1 unspecified atom stereocenters. The Kier molecular flexibility index (Phi) is 4.29. The number of benzene rings is 2. The molecule has 0 aliphatic heterocycles. The van der Waals surface area contributed by atoms with Crippen LogP contribution in [0.1, 0.15) is 29.0 Å². The Morgan fingerprint density at radius 1 is 1.12 bits per heavy atom. The van der Waals surface area contributed by atoms with Gasteiger partial charge >= 0.3 is 6.18 Å². The van der Waals surface area contributed by atoms with Crippen LogP contribution in [0.5, 0.6) is 0 Å². The molecule has 0 bridgehead atoms. The highest BCUT2D eigenvalue weighted by molar-refractivity contribution is 5.86. The fraction of sp³-hybridized carbons (Fsp3) is 0.211. The largest absolute Gasteiger partial charge is 0.416 e. The zero-order valence-electron chi connectivity index (χ0n) is 13.5. The Morgan fingerprint density at radius 2 is 1.76 bits per heavy atom. The van der Waals surface area contributed by atoms with Gasteiger partial charge in [0.15, 0.2) is 0 Å². The summed E-state index contributed by atoms with van der Waals surface area (Å²) in [6.45, 7) is 0. The minimum Gasteiger partial charge on any atom is -0.370 e. The highest BCUT2D eigenvalue weighted by Gasteiger charge is 2.30. The number of alkyl halides is 3. The van der Waals surface area contributed by atoms with Gasteiger partial charge in [-0.05, 0) is 29.3 Å². The number of nitrogens with two attached hydrogens (primary N) is 1. The van der Waals surface area contributed by atoms with Gasteiger partial charge in [0.25, 0.3) is 0 Å². The van der Waals surface area contributed by atoms with Crippen molar-refractivity contribution in [3.8, 4) is 0 Å². The molecule has 0 fully saturated rings. The molecule has 1 aromatic heterocycles. The van der Waals surface area contributed by atoms with Gasteiger partial charge in [-0.1, -0.05) is 30.3 Å². The SMILES string of the molecule is Cn1cc(C(CC(N)=O)c2ccc(C(F)(F)F)cc2)c2ccccc21. The van der Waals surface area contributed by atoms with Crippen molar-refractivity contribution in [3.05, 3.63) is 71.4 Å². The van der Waals surface area contributed by atoms with Crippen LogP contribution in [0.2, 0.25) is 0 Å². The van der Waals surface area contributed by atoms with Crippen molar-refractivity contribution in [3.63, 3.8) is 0 Å². The molecule has 0 spiro atoms. The second-order valence-corrected chi connectivity index (χ2v) is 6.06. The topological polar surface area (TPSA) is 48.0 Å². The summed E-state index contributed by atoms with van der Waals surface area (Å²) in [6, 6.07) is 12.6. The zero-order valence-corrected chi connectivity index (χ0v) is 13.5. The quantitative estimate of drug-likeness (QED) is 0.756. The first kappa shape index (κ1) is 17.1. The molecule has 0 aliphatic carbocycles. The number of amides is 1. The number of primary amides is 1. The van der Waals surface area contributed by atoms with Gasteiger partial charge in [-0.15, -0.1) is 0 Å². The molecule has 25 heavy (non-hydrogen) atoms. The standard InChI is InChI=1S/C19H17F3N2O/c1-24-11-16(14-4-2-3-5-17(14)24)15(10-18(23)25)12-6-8-13(9-7-12)19(20,21)22/h2-9,11,15H,10H2,1H3,(H2,23,25). The maximum atomic E-state index is 12.8. The lowest BCUT2D eigenvalue weighted by Crippen LogP contribution is -2.16. The number of hydrogen-bond acceptors (Lipinski definition) is 1. The number of nitrogens with zero attached hydrogens (tertiary/aromatic N) is 1. The van der Waals surface area contributed by atoms with E-state index in [9.17, 15) is 18.0 Å². The van der Waals surface area contributed by atoms with Crippen molar-refractivity contribution in [2.24, 2.45) is 12.8 Å². The summed E-state index contributed by atoms with van der Waals surface area (Å²) in [4.78, 5) is 11.6. The fourth-order valence-electron chi connectivity index (χ4n) is 3.16. The number of rotatable bonds is 4. The molecule has 0 aliphatic rings. The summed E-state index contributed by atoms with van der Waals surface area (Å²) in [7, 11) is 1.89. The molecule has 6 heteroatoms. The number of carbonyl (C=O) groups is 1. The summed E-state index contributed by atoms with van der Waals surface area (Å²) < 4.78 is 40.3. The van der Waals surface area contributed by atoms with Gasteiger partial charge in [0.1, 0.15) is 0 Å². The Bertz CT molecular complexity index is 911. The van der Waals surface area contributed by atoms with E-state index in [0.717, 1.165) is 28.6 Å². The molecule has 1 heterocycles. The molecule has 0 saturated carbocycles. The van der Waals surface area contributed by atoms with E-state index in [1.165, 1.54) is 12.1 Å². The van der Waals surface area contributed by atoms with Crippen LogP contribution in [0.25, 0.3) is 10.9 Å². The third-order valence-corrected chi connectivity index (χ3v) is 4.35. The van der Waals surface area contributed by atoms with Crippen molar-refractivity contribution in [1.29, 1.82) is 0 Å².